The molecule has 0 bridgehead atoms. The maximum atomic E-state index is 13.5. The molecule has 0 aliphatic heterocycles. The Kier molecular flexibility index (Phi) is 4.79. The molecular weight excluding hydrogens is 285 g/mol. The lowest BCUT2D eigenvalue weighted by molar-refractivity contribution is 0.424. The molecule has 0 radical (unpaired) electrons. The molecular formula is C13H15F3N4O. The highest BCUT2D eigenvalue weighted by Crippen LogP contribution is 2.24. The van der Waals surface area contributed by atoms with Crippen molar-refractivity contribution in [2.45, 2.75) is 26.3 Å². The van der Waals surface area contributed by atoms with E-state index < -0.39 is 23.1 Å². The lowest BCUT2D eigenvalue weighted by Crippen LogP contribution is -2.19. The first-order valence-electron chi connectivity index (χ1n) is 6.49. The normalized spacial score (nSPS) is 12.4. The van der Waals surface area contributed by atoms with Crippen molar-refractivity contribution in [2.75, 3.05) is 11.9 Å². The Hall–Kier alpha value is -2.09. The minimum Gasteiger partial charge on any atom is -0.406 e. The van der Waals surface area contributed by atoms with Crippen LogP contribution in [0.5, 0.6) is 0 Å². The fourth-order valence-electron chi connectivity index (χ4n) is 1.68. The fraction of sp³-hybridized carbons (Fsp3) is 0.385. The van der Waals surface area contributed by atoms with Crippen LogP contribution in [-0.2, 0) is 0 Å². The number of hydrogen-bond donors (Lipinski definition) is 2. The van der Waals surface area contributed by atoms with E-state index >= 15 is 0 Å². The van der Waals surface area contributed by atoms with Crippen LogP contribution in [0, 0.1) is 17.5 Å². The topological polar surface area (TPSA) is 63.0 Å². The highest BCUT2D eigenvalue weighted by molar-refractivity contribution is 5.53. The van der Waals surface area contributed by atoms with Gasteiger partial charge in [0.1, 0.15) is 11.5 Å². The molecule has 2 aromatic rings. The summed E-state index contributed by atoms with van der Waals surface area (Å²) in [5, 5.41) is 12.9. The van der Waals surface area contributed by atoms with Gasteiger partial charge in [-0.15, -0.1) is 5.10 Å². The van der Waals surface area contributed by atoms with Gasteiger partial charge in [-0.1, -0.05) is 12.0 Å². The average molecular weight is 300 g/mol. The number of nitrogens with zero attached hydrogens (tertiary/aromatic N) is 2. The molecule has 1 atom stereocenters. The monoisotopic (exact) mass is 300 g/mol. The van der Waals surface area contributed by atoms with Crippen LogP contribution in [-0.4, -0.2) is 16.7 Å². The molecule has 0 amide bonds. The molecule has 0 aliphatic carbocycles. The second-order valence-corrected chi connectivity index (χ2v) is 4.49. The van der Waals surface area contributed by atoms with Crippen LogP contribution in [0.2, 0.25) is 0 Å². The van der Waals surface area contributed by atoms with E-state index in [9.17, 15) is 13.2 Å². The van der Waals surface area contributed by atoms with E-state index in [2.05, 4.69) is 20.8 Å². The molecule has 1 aromatic heterocycles. The third-order valence-corrected chi connectivity index (χ3v) is 2.75. The molecule has 0 saturated carbocycles. The first-order valence-corrected chi connectivity index (χ1v) is 6.49. The summed E-state index contributed by atoms with van der Waals surface area (Å²) in [6.07, 6.45) is 0.940. The Morgan fingerprint density at radius 1 is 1.19 bits per heavy atom. The summed E-state index contributed by atoms with van der Waals surface area (Å²) >= 11 is 0. The second-order valence-electron chi connectivity index (χ2n) is 4.49. The summed E-state index contributed by atoms with van der Waals surface area (Å²) in [5.41, 5.74) is -0.541. The number of aromatic nitrogens is 2. The van der Waals surface area contributed by atoms with Crippen LogP contribution in [0.1, 0.15) is 32.2 Å². The number of hydrogen-bond acceptors (Lipinski definition) is 5. The molecule has 2 N–H and O–H groups in total. The predicted octanol–water partition coefficient (Wildman–Crippen LogP) is 3.29. The third kappa shape index (κ3) is 3.72. The van der Waals surface area contributed by atoms with Gasteiger partial charge in [0.25, 0.3) is 0 Å². The minimum atomic E-state index is -1.08. The van der Waals surface area contributed by atoms with Crippen LogP contribution in [0.15, 0.2) is 16.5 Å². The van der Waals surface area contributed by atoms with Crippen molar-refractivity contribution in [1.82, 2.24) is 15.5 Å². The Morgan fingerprint density at radius 3 is 2.48 bits per heavy atom. The van der Waals surface area contributed by atoms with Crippen LogP contribution in [0.25, 0.3) is 0 Å². The van der Waals surface area contributed by atoms with Crippen molar-refractivity contribution in [3.05, 3.63) is 35.5 Å². The van der Waals surface area contributed by atoms with Crippen molar-refractivity contribution < 1.29 is 17.6 Å². The lowest BCUT2D eigenvalue weighted by atomic mass is 10.3. The van der Waals surface area contributed by atoms with Crippen molar-refractivity contribution in [3.63, 3.8) is 0 Å². The van der Waals surface area contributed by atoms with Crippen molar-refractivity contribution in [3.8, 4) is 0 Å². The first kappa shape index (κ1) is 15.3. The molecule has 0 fully saturated rings. The first-order chi connectivity index (χ1) is 10.0. The highest BCUT2D eigenvalue weighted by Gasteiger charge is 2.17. The maximum Gasteiger partial charge on any atom is 0.320 e. The summed E-state index contributed by atoms with van der Waals surface area (Å²) < 4.78 is 45.0. The number of anilines is 2. The molecule has 0 saturated heterocycles. The maximum absolute atomic E-state index is 13.5. The summed E-state index contributed by atoms with van der Waals surface area (Å²) in [6.45, 7) is 4.61. The van der Waals surface area contributed by atoms with E-state index in [1.165, 1.54) is 0 Å². The van der Waals surface area contributed by atoms with Crippen molar-refractivity contribution in [1.29, 1.82) is 0 Å². The third-order valence-electron chi connectivity index (χ3n) is 2.75. The van der Waals surface area contributed by atoms with E-state index in [4.69, 9.17) is 4.42 Å². The van der Waals surface area contributed by atoms with Gasteiger partial charge >= 0.3 is 6.01 Å². The average Bonchev–Trinajstić information content (AvgIpc) is 2.89. The Balaban J connectivity index is 2.13. The van der Waals surface area contributed by atoms with Gasteiger partial charge in [0.05, 0.1) is 6.04 Å². The van der Waals surface area contributed by atoms with Gasteiger partial charge in [-0.2, -0.15) is 0 Å². The summed E-state index contributed by atoms with van der Waals surface area (Å²) in [5.74, 6) is -2.87. The van der Waals surface area contributed by atoms with E-state index in [0.29, 0.717) is 12.1 Å². The van der Waals surface area contributed by atoms with Gasteiger partial charge in [-0.05, 0) is 19.9 Å². The molecule has 5 nitrogen and oxygen atoms in total. The van der Waals surface area contributed by atoms with Gasteiger partial charge in [-0.3, -0.25) is 0 Å². The standard InChI is InChI=1S/C13H15F3N4O/c1-3-4-17-7(2)12-19-20-13(21-12)18-11-9(15)5-8(14)6-10(11)16/h5-7,17H,3-4H2,1-2H3,(H,18,20). The summed E-state index contributed by atoms with van der Waals surface area (Å²) in [7, 11) is 0. The van der Waals surface area contributed by atoms with E-state index in [-0.39, 0.29) is 17.9 Å². The van der Waals surface area contributed by atoms with Crippen LogP contribution >= 0.6 is 0 Å². The van der Waals surface area contributed by atoms with Gasteiger partial charge in [-0.25, -0.2) is 13.2 Å². The Labute approximate surface area is 119 Å². The zero-order chi connectivity index (χ0) is 15.4. The number of halogens is 3. The molecule has 8 heteroatoms. The number of rotatable bonds is 6. The molecule has 0 spiro atoms. The number of benzene rings is 1. The van der Waals surface area contributed by atoms with Gasteiger partial charge in [0.2, 0.25) is 5.89 Å². The van der Waals surface area contributed by atoms with Crippen molar-refractivity contribution in [2.24, 2.45) is 0 Å². The molecule has 114 valence electrons. The molecule has 1 unspecified atom stereocenters. The molecule has 21 heavy (non-hydrogen) atoms. The van der Waals surface area contributed by atoms with E-state index in [1.54, 1.807) is 0 Å². The molecule has 0 aliphatic rings. The molecule has 1 aromatic carbocycles. The minimum absolute atomic E-state index is 0.167. The smallest absolute Gasteiger partial charge is 0.320 e. The van der Waals surface area contributed by atoms with E-state index in [0.717, 1.165) is 13.0 Å². The van der Waals surface area contributed by atoms with Crippen molar-refractivity contribution >= 4 is 11.7 Å². The van der Waals surface area contributed by atoms with Gasteiger partial charge < -0.3 is 15.1 Å². The lowest BCUT2D eigenvalue weighted by Gasteiger charge is -2.08. The van der Waals surface area contributed by atoms with Crippen LogP contribution < -0.4 is 10.6 Å². The zero-order valence-electron chi connectivity index (χ0n) is 11.6. The number of nitrogens with one attached hydrogen (secondary N) is 2. The van der Waals surface area contributed by atoms with Gasteiger partial charge in [0.15, 0.2) is 11.6 Å². The molecule has 2 rings (SSSR count). The largest absolute Gasteiger partial charge is 0.406 e. The predicted molar refractivity (Wildman–Crippen MR) is 70.6 cm³/mol. The Bertz CT molecular complexity index is 594. The van der Waals surface area contributed by atoms with Crippen LogP contribution in [0.3, 0.4) is 0 Å². The second kappa shape index (κ2) is 6.57. The fourth-order valence-corrected chi connectivity index (χ4v) is 1.68. The quantitative estimate of drug-likeness (QED) is 0.857. The summed E-state index contributed by atoms with van der Waals surface area (Å²) in [6, 6.07) is 0.776. The van der Waals surface area contributed by atoms with E-state index in [1.807, 2.05) is 13.8 Å². The molecule has 1 heterocycles. The Morgan fingerprint density at radius 2 is 1.86 bits per heavy atom. The zero-order valence-corrected chi connectivity index (χ0v) is 11.6. The SMILES string of the molecule is CCCNC(C)c1nnc(Nc2c(F)cc(F)cc2F)o1. The summed E-state index contributed by atoms with van der Waals surface area (Å²) in [4.78, 5) is 0. The van der Waals surface area contributed by atoms with Crippen LogP contribution in [0.4, 0.5) is 24.9 Å². The highest BCUT2D eigenvalue weighted by atomic mass is 19.1. The van der Waals surface area contributed by atoms with Gasteiger partial charge in [0, 0.05) is 12.1 Å².